The van der Waals surface area contributed by atoms with Crippen molar-refractivity contribution < 1.29 is 46.1 Å². The molecule has 21 heavy (non-hydrogen) atoms. The van der Waals surface area contributed by atoms with Crippen molar-refractivity contribution in [2.75, 3.05) is 6.54 Å². The number of hydrogen-bond donors (Lipinski definition) is 3. The summed E-state index contributed by atoms with van der Waals surface area (Å²) in [4.78, 5) is 11.3. The molecule has 126 valence electrons. The number of rotatable bonds is 8. The average molecular weight is 327 g/mol. The molecule has 0 saturated heterocycles. The van der Waals surface area contributed by atoms with E-state index < -0.39 is 42.7 Å². The van der Waals surface area contributed by atoms with Gasteiger partial charge < -0.3 is 14.9 Å². The van der Waals surface area contributed by atoms with Gasteiger partial charge in [-0.05, 0) is 13.5 Å². The number of carbonyl (C=O) groups is 1. The molecule has 0 rings (SSSR count). The summed E-state index contributed by atoms with van der Waals surface area (Å²) in [6.07, 6.45) is -14.5. The van der Waals surface area contributed by atoms with Gasteiger partial charge in [0.15, 0.2) is 5.60 Å². The van der Waals surface area contributed by atoms with Crippen LogP contribution in [0.25, 0.3) is 0 Å². The summed E-state index contributed by atoms with van der Waals surface area (Å²) in [5, 5.41) is 20.9. The minimum absolute atomic E-state index is 0.0394. The second-order valence-electron chi connectivity index (χ2n) is 4.24. The van der Waals surface area contributed by atoms with Gasteiger partial charge in [-0.3, -0.25) is 5.32 Å². The first-order chi connectivity index (χ1) is 9.38. The highest BCUT2D eigenvalue weighted by Crippen LogP contribution is 2.33. The monoisotopic (exact) mass is 327 g/mol. The summed E-state index contributed by atoms with van der Waals surface area (Å²) in [5.41, 5.74) is -2.85. The molecule has 0 aromatic carbocycles. The van der Waals surface area contributed by atoms with E-state index in [1.807, 2.05) is 0 Å². The Morgan fingerprint density at radius 2 is 1.76 bits per heavy atom. The highest BCUT2D eigenvalue weighted by molar-refractivity contribution is 5.79. The van der Waals surface area contributed by atoms with Crippen molar-refractivity contribution in [2.24, 2.45) is 0 Å². The molecular weight excluding hydrogens is 312 g/mol. The lowest BCUT2D eigenvalue weighted by molar-refractivity contribution is -0.250. The maximum Gasteiger partial charge on any atom is 0.349 e. The lowest BCUT2D eigenvalue weighted by atomic mass is 10.1. The number of alkyl halides is 6. The van der Waals surface area contributed by atoms with E-state index in [2.05, 4.69) is 10.1 Å². The molecule has 11 heteroatoms. The first-order valence-corrected chi connectivity index (χ1v) is 5.68. The molecule has 5 nitrogen and oxygen atoms in total. The van der Waals surface area contributed by atoms with Crippen LogP contribution in [-0.4, -0.2) is 59.4 Å². The van der Waals surface area contributed by atoms with Gasteiger partial charge in [0.2, 0.25) is 6.17 Å². The van der Waals surface area contributed by atoms with E-state index in [0.717, 1.165) is 0 Å². The number of hydrogen-bond acceptors (Lipinski definition) is 5. The van der Waals surface area contributed by atoms with Crippen molar-refractivity contribution in [1.29, 1.82) is 0 Å². The smallest absolute Gasteiger partial charge is 0.349 e. The Morgan fingerprint density at radius 3 is 2.14 bits per heavy atom. The number of nitrogens with one attached hydrogen (secondary N) is 1. The Kier molecular flexibility index (Phi) is 6.90. The van der Waals surface area contributed by atoms with Crippen molar-refractivity contribution in [3.63, 3.8) is 0 Å². The van der Waals surface area contributed by atoms with Crippen LogP contribution in [0.4, 0.5) is 26.3 Å². The van der Waals surface area contributed by atoms with Gasteiger partial charge in [0, 0.05) is 0 Å². The van der Waals surface area contributed by atoms with E-state index in [1.54, 1.807) is 0 Å². The van der Waals surface area contributed by atoms with Gasteiger partial charge in [-0.2, -0.15) is 13.2 Å². The largest absolute Gasteiger partial charge is 0.422 e. The van der Waals surface area contributed by atoms with Crippen LogP contribution in [0, 0.1) is 0 Å². The molecule has 0 spiro atoms. The molecule has 0 radical (unpaired) electrons. The summed E-state index contributed by atoms with van der Waals surface area (Å²) in [6, 6.07) is 0. The molecule has 0 aliphatic carbocycles. The molecule has 0 heterocycles. The average Bonchev–Trinajstić information content (AvgIpc) is 2.37. The second kappa shape index (κ2) is 7.27. The molecule has 0 bridgehead atoms. The fraction of sp³-hybridized carbons (Fsp3) is 0.900. The van der Waals surface area contributed by atoms with Crippen molar-refractivity contribution in [3.8, 4) is 0 Å². The number of carbonyl (C=O) groups excluding carboxylic acids is 1. The van der Waals surface area contributed by atoms with Crippen molar-refractivity contribution in [3.05, 3.63) is 0 Å². The Balaban J connectivity index is 4.92. The van der Waals surface area contributed by atoms with E-state index in [0.29, 0.717) is 6.92 Å². The van der Waals surface area contributed by atoms with E-state index in [9.17, 15) is 41.4 Å². The maximum atomic E-state index is 13.0. The van der Waals surface area contributed by atoms with Crippen LogP contribution in [0.2, 0.25) is 0 Å². The SMILES string of the molecule is CCNC(O)C(C)(O)C(=O)OC(F)C(F)(F)C(F)C(F)F. The minimum atomic E-state index is -5.32. The molecule has 0 saturated carbocycles. The van der Waals surface area contributed by atoms with Crippen LogP contribution < -0.4 is 5.32 Å². The fourth-order valence-corrected chi connectivity index (χ4v) is 1.09. The molecule has 0 aromatic heterocycles. The third-order valence-electron chi connectivity index (χ3n) is 2.45. The Morgan fingerprint density at radius 1 is 1.29 bits per heavy atom. The van der Waals surface area contributed by atoms with Crippen molar-refractivity contribution >= 4 is 5.97 Å². The molecule has 0 aliphatic rings. The van der Waals surface area contributed by atoms with Crippen LogP contribution in [-0.2, 0) is 9.53 Å². The van der Waals surface area contributed by atoms with Gasteiger partial charge in [-0.15, -0.1) is 0 Å². The van der Waals surface area contributed by atoms with Gasteiger partial charge in [0.1, 0.15) is 6.23 Å². The zero-order valence-corrected chi connectivity index (χ0v) is 11.0. The third-order valence-corrected chi connectivity index (χ3v) is 2.45. The second-order valence-corrected chi connectivity index (χ2v) is 4.24. The van der Waals surface area contributed by atoms with Gasteiger partial charge >= 0.3 is 18.2 Å². The first-order valence-electron chi connectivity index (χ1n) is 5.68. The molecule has 4 unspecified atom stereocenters. The standard InChI is InChI=1S/C10H15F6NO4/c1-3-17-7(18)9(2,20)8(19)21-6(14)10(15,16)4(11)5(12)13/h4-7,17-18,20H,3H2,1-2H3. The minimum Gasteiger partial charge on any atom is -0.422 e. The molecule has 3 N–H and O–H groups in total. The van der Waals surface area contributed by atoms with Crippen LogP contribution in [0.15, 0.2) is 0 Å². The lowest BCUT2D eigenvalue weighted by Crippen LogP contribution is -2.56. The molecular formula is C10H15F6NO4. The predicted molar refractivity (Wildman–Crippen MR) is 57.1 cm³/mol. The molecule has 0 aromatic rings. The van der Waals surface area contributed by atoms with Crippen LogP contribution in [0.1, 0.15) is 13.8 Å². The topological polar surface area (TPSA) is 78.8 Å². The highest BCUT2D eigenvalue weighted by atomic mass is 19.3. The van der Waals surface area contributed by atoms with Gasteiger partial charge in [0.25, 0.3) is 6.43 Å². The summed E-state index contributed by atoms with van der Waals surface area (Å²) < 4.78 is 78.4. The van der Waals surface area contributed by atoms with E-state index in [1.165, 1.54) is 6.92 Å². The van der Waals surface area contributed by atoms with E-state index in [4.69, 9.17) is 0 Å². The number of ether oxygens (including phenoxy) is 1. The molecule has 0 fully saturated rings. The fourth-order valence-electron chi connectivity index (χ4n) is 1.09. The van der Waals surface area contributed by atoms with Gasteiger partial charge in [-0.1, -0.05) is 6.92 Å². The number of aliphatic hydroxyl groups is 2. The summed E-state index contributed by atoms with van der Waals surface area (Å²) in [5.74, 6) is -7.40. The van der Waals surface area contributed by atoms with E-state index in [-0.39, 0.29) is 6.54 Å². The number of likely N-dealkylation sites (N-methyl/N-ethyl adjacent to an activating group) is 1. The Hall–Kier alpha value is -1.07. The van der Waals surface area contributed by atoms with Crippen molar-refractivity contribution in [2.45, 2.75) is 50.6 Å². The lowest BCUT2D eigenvalue weighted by Gasteiger charge is -2.30. The quantitative estimate of drug-likeness (QED) is 0.348. The van der Waals surface area contributed by atoms with Crippen LogP contribution in [0.3, 0.4) is 0 Å². The predicted octanol–water partition coefficient (Wildman–Crippen LogP) is 0.743. The summed E-state index contributed by atoms with van der Waals surface area (Å²) in [6.45, 7) is 2.10. The number of esters is 1. The third kappa shape index (κ3) is 4.71. The van der Waals surface area contributed by atoms with Crippen molar-refractivity contribution in [1.82, 2.24) is 5.32 Å². The van der Waals surface area contributed by atoms with Gasteiger partial charge in [0.05, 0.1) is 0 Å². The normalized spacial score (nSPS) is 19.8. The Bertz CT molecular complexity index is 354. The summed E-state index contributed by atoms with van der Waals surface area (Å²) >= 11 is 0. The maximum absolute atomic E-state index is 13.0. The Labute approximate surface area is 115 Å². The highest BCUT2D eigenvalue weighted by Gasteiger charge is 2.56. The van der Waals surface area contributed by atoms with E-state index >= 15 is 0 Å². The van der Waals surface area contributed by atoms with Gasteiger partial charge in [-0.25, -0.2) is 18.0 Å². The van der Waals surface area contributed by atoms with Crippen LogP contribution >= 0.6 is 0 Å². The number of halogens is 6. The molecule has 0 amide bonds. The molecule has 0 aliphatic heterocycles. The zero-order valence-electron chi connectivity index (χ0n) is 11.0. The summed E-state index contributed by atoms with van der Waals surface area (Å²) in [7, 11) is 0. The number of aliphatic hydroxyl groups excluding tert-OH is 1. The first kappa shape index (κ1) is 19.9. The zero-order chi connectivity index (χ0) is 17.0. The van der Waals surface area contributed by atoms with Crippen LogP contribution in [0.5, 0.6) is 0 Å². The molecule has 4 atom stereocenters.